The summed E-state index contributed by atoms with van der Waals surface area (Å²) in [5, 5.41) is 3.81. The van der Waals surface area contributed by atoms with E-state index in [1.165, 1.54) is 6.20 Å². The van der Waals surface area contributed by atoms with Gasteiger partial charge in [0.25, 0.3) is 11.8 Å². The summed E-state index contributed by atoms with van der Waals surface area (Å²) in [5.41, 5.74) is 0.372. The molecule has 3 aromatic heterocycles. The average molecular weight is 394 g/mol. The predicted octanol–water partition coefficient (Wildman–Crippen LogP) is 3.03. The number of aromatic nitrogens is 2. The third kappa shape index (κ3) is 3.83. The number of ether oxygens (including phenoxy) is 1. The first-order chi connectivity index (χ1) is 12.5. The van der Waals surface area contributed by atoms with E-state index in [9.17, 15) is 18.8 Å². The normalized spacial score (nSPS) is 10.5. The number of fused-ring (bicyclic) bond motifs is 1. The molecule has 3 amide bonds. The van der Waals surface area contributed by atoms with E-state index in [1.54, 1.807) is 19.2 Å². The van der Waals surface area contributed by atoms with Crippen molar-refractivity contribution in [3.8, 4) is 0 Å². The van der Waals surface area contributed by atoms with Gasteiger partial charge in [-0.2, -0.15) is 4.39 Å². The van der Waals surface area contributed by atoms with Gasteiger partial charge < -0.3 is 10.1 Å². The van der Waals surface area contributed by atoms with Crippen LogP contribution in [0.25, 0.3) is 10.2 Å². The van der Waals surface area contributed by atoms with Gasteiger partial charge in [-0.15, -0.1) is 11.3 Å². The van der Waals surface area contributed by atoms with Crippen LogP contribution in [0.5, 0.6) is 0 Å². The lowest BCUT2D eigenvalue weighted by atomic mass is 10.3. The molecule has 3 heterocycles. The smallest absolute Gasteiger partial charge is 0.414 e. The van der Waals surface area contributed by atoms with Crippen molar-refractivity contribution in [3.05, 3.63) is 40.2 Å². The number of carbonyl (C=O) groups is 3. The molecule has 0 aromatic carbocycles. The molecule has 0 saturated heterocycles. The van der Waals surface area contributed by atoms with Gasteiger partial charge in [0.05, 0.1) is 23.1 Å². The van der Waals surface area contributed by atoms with E-state index in [1.807, 2.05) is 5.32 Å². The van der Waals surface area contributed by atoms with Crippen LogP contribution in [0.1, 0.15) is 27.1 Å². The van der Waals surface area contributed by atoms with Crippen molar-refractivity contribution in [2.75, 3.05) is 11.9 Å². The van der Waals surface area contributed by atoms with Crippen LogP contribution in [0.15, 0.2) is 24.5 Å². The van der Waals surface area contributed by atoms with E-state index in [-0.39, 0.29) is 22.2 Å². The first-order valence-electron chi connectivity index (χ1n) is 7.27. The summed E-state index contributed by atoms with van der Waals surface area (Å²) in [5.74, 6) is -1.48. The summed E-state index contributed by atoms with van der Waals surface area (Å²) in [6, 6.07) is 2.64. The molecule has 3 aromatic rings. The van der Waals surface area contributed by atoms with E-state index in [4.69, 9.17) is 0 Å². The van der Waals surface area contributed by atoms with Crippen LogP contribution in [0.4, 0.5) is 14.2 Å². The first-order valence-corrected chi connectivity index (χ1v) is 8.90. The van der Waals surface area contributed by atoms with Crippen LogP contribution in [-0.2, 0) is 4.74 Å². The second kappa shape index (κ2) is 7.54. The van der Waals surface area contributed by atoms with Gasteiger partial charge in [-0.1, -0.05) is 11.3 Å². The fourth-order valence-electron chi connectivity index (χ4n) is 1.98. The van der Waals surface area contributed by atoms with E-state index >= 15 is 0 Å². The lowest BCUT2D eigenvalue weighted by Crippen LogP contribution is -2.31. The van der Waals surface area contributed by atoms with Crippen molar-refractivity contribution in [2.45, 2.75) is 6.92 Å². The number of amides is 3. The highest BCUT2D eigenvalue weighted by Gasteiger charge is 2.22. The first kappa shape index (κ1) is 17.9. The van der Waals surface area contributed by atoms with Gasteiger partial charge in [0.15, 0.2) is 10.1 Å². The zero-order valence-corrected chi connectivity index (χ0v) is 14.9. The monoisotopic (exact) mass is 394 g/mol. The number of nitrogens with zero attached hydrogens (tertiary/aromatic N) is 2. The maximum absolute atomic E-state index is 13.6. The summed E-state index contributed by atoms with van der Waals surface area (Å²) in [6.45, 7) is 1.65. The molecule has 134 valence electrons. The Morgan fingerprint density at radius 2 is 2.08 bits per heavy atom. The molecular weight excluding hydrogens is 383 g/mol. The molecule has 0 unspecified atom stereocenters. The van der Waals surface area contributed by atoms with E-state index in [0.29, 0.717) is 16.9 Å². The summed E-state index contributed by atoms with van der Waals surface area (Å²) in [7, 11) is 0. The minimum Gasteiger partial charge on any atom is -0.450 e. The lowest BCUT2D eigenvalue weighted by Gasteiger charge is -2.05. The van der Waals surface area contributed by atoms with E-state index < -0.39 is 23.0 Å². The highest BCUT2D eigenvalue weighted by molar-refractivity contribution is 7.20. The van der Waals surface area contributed by atoms with Gasteiger partial charge in [-0.05, 0) is 13.0 Å². The largest absolute Gasteiger partial charge is 0.450 e. The minimum absolute atomic E-state index is 0.0355. The molecule has 26 heavy (non-hydrogen) atoms. The standard InChI is InChI=1S/C15H11FN4O4S2/c1-2-24-15(23)20-11(21)7-5-10(16)26-13(7)19-12(22)14-18-8-6-17-4-3-9(8)25-14/h3-6H,2H2,1H3,(H,19,22)(H,20,21,23). The molecule has 0 saturated carbocycles. The molecule has 0 aliphatic rings. The van der Waals surface area contributed by atoms with E-state index in [0.717, 1.165) is 22.1 Å². The molecule has 0 spiro atoms. The molecule has 3 rings (SSSR count). The molecule has 0 atom stereocenters. The minimum atomic E-state index is -0.958. The molecule has 0 aliphatic heterocycles. The van der Waals surface area contributed by atoms with Crippen molar-refractivity contribution in [1.29, 1.82) is 0 Å². The molecule has 0 radical (unpaired) electrons. The quantitative estimate of drug-likeness (QED) is 0.704. The third-order valence-electron chi connectivity index (χ3n) is 3.05. The Hall–Kier alpha value is -2.92. The number of thiophene rings is 1. The third-order valence-corrected chi connectivity index (χ3v) is 4.92. The number of hydrogen-bond acceptors (Lipinski definition) is 8. The summed E-state index contributed by atoms with van der Waals surface area (Å²) < 4.78 is 19.0. The average Bonchev–Trinajstić information content (AvgIpc) is 3.18. The van der Waals surface area contributed by atoms with Crippen LogP contribution < -0.4 is 10.6 Å². The molecule has 0 aliphatic carbocycles. The van der Waals surface area contributed by atoms with Crippen molar-refractivity contribution >= 4 is 55.8 Å². The summed E-state index contributed by atoms with van der Waals surface area (Å²) in [6.07, 6.45) is 2.14. The van der Waals surface area contributed by atoms with Crippen LogP contribution in [-0.4, -0.2) is 34.5 Å². The molecule has 0 fully saturated rings. The maximum Gasteiger partial charge on any atom is 0.414 e. The van der Waals surface area contributed by atoms with Gasteiger partial charge in [-0.3, -0.25) is 19.9 Å². The fraction of sp³-hybridized carbons (Fsp3) is 0.133. The number of anilines is 1. The number of rotatable bonds is 4. The number of carbonyl (C=O) groups excluding carboxylic acids is 3. The van der Waals surface area contributed by atoms with Gasteiger partial charge in [-0.25, -0.2) is 9.78 Å². The van der Waals surface area contributed by atoms with Gasteiger partial charge >= 0.3 is 6.09 Å². The Balaban J connectivity index is 1.80. The molecule has 8 nitrogen and oxygen atoms in total. The zero-order chi connectivity index (χ0) is 18.7. The molecular formula is C15H11FN4O4S2. The Kier molecular flexibility index (Phi) is 5.19. The highest BCUT2D eigenvalue weighted by Crippen LogP contribution is 2.28. The van der Waals surface area contributed by atoms with Gasteiger partial charge in [0.2, 0.25) is 0 Å². The lowest BCUT2D eigenvalue weighted by molar-refractivity contribution is 0.0926. The van der Waals surface area contributed by atoms with E-state index in [2.05, 4.69) is 20.0 Å². The second-order valence-electron chi connectivity index (χ2n) is 4.78. The summed E-state index contributed by atoms with van der Waals surface area (Å²) >= 11 is 1.70. The molecule has 0 bridgehead atoms. The van der Waals surface area contributed by atoms with Gasteiger partial charge in [0, 0.05) is 12.3 Å². The number of thiazole rings is 1. The summed E-state index contributed by atoms with van der Waals surface area (Å²) in [4.78, 5) is 43.9. The van der Waals surface area contributed by atoms with Crippen LogP contribution in [0, 0.1) is 5.13 Å². The number of nitrogens with one attached hydrogen (secondary N) is 2. The Bertz CT molecular complexity index is 968. The van der Waals surface area contributed by atoms with Crippen molar-refractivity contribution in [3.63, 3.8) is 0 Å². The SMILES string of the molecule is CCOC(=O)NC(=O)c1cc(F)sc1NC(=O)c1nc2cnccc2s1. The zero-order valence-electron chi connectivity index (χ0n) is 13.2. The van der Waals surface area contributed by atoms with Crippen molar-refractivity contribution < 1.29 is 23.5 Å². The van der Waals surface area contributed by atoms with Crippen molar-refractivity contribution in [2.24, 2.45) is 0 Å². The molecule has 11 heteroatoms. The van der Waals surface area contributed by atoms with Crippen molar-refractivity contribution in [1.82, 2.24) is 15.3 Å². The number of alkyl carbamates (subject to hydrolysis) is 1. The second-order valence-corrected chi connectivity index (χ2v) is 6.82. The predicted molar refractivity (Wildman–Crippen MR) is 94.1 cm³/mol. The number of pyridine rings is 1. The maximum atomic E-state index is 13.6. The number of imide groups is 1. The van der Waals surface area contributed by atoms with Gasteiger partial charge in [0.1, 0.15) is 10.5 Å². The molecule has 2 N–H and O–H groups in total. The fourth-order valence-corrected chi connectivity index (χ4v) is 3.59. The Labute approximate surface area is 154 Å². The number of hydrogen-bond donors (Lipinski definition) is 2. The number of halogens is 1. The topological polar surface area (TPSA) is 110 Å². The Morgan fingerprint density at radius 3 is 2.81 bits per heavy atom. The highest BCUT2D eigenvalue weighted by atomic mass is 32.1. The van der Waals surface area contributed by atoms with Crippen LogP contribution >= 0.6 is 22.7 Å². The Morgan fingerprint density at radius 1 is 1.27 bits per heavy atom. The van der Waals surface area contributed by atoms with Crippen LogP contribution in [0.2, 0.25) is 0 Å². The van der Waals surface area contributed by atoms with Crippen LogP contribution in [0.3, 0.4) is 0 Å².